The third-order valence-corrected chi connectivity index (χ3v) is 4.36. The number of hydrogen-bond acceptors (Lipinski definition) is 2. The summed E-state index contributed by atoms with van der Waals surface area (Å²) in [5.74, 6) is 0. The van der Waals surface area contributed by atoms with E-state index in [1.807, 2.05) is 11.3 Å². The zero-order valence-electron chi connectivity index (χ0n) is 11.9. The van der Waals surface area contributed by atoms with Crippen molar-refractivity contribution < 1.29 is 0 Å². The lowest BCUT2D eigenvalue weighted by Gasteiger charge is -2.19. The Labute approximate surface area is 120 Å². The van der Waals surface area contributed by atoms with Crippen LogP contribution in [0.3, 0.4) is 0 Å². The van der Waals surface area contributed by atoms with Crippen molar-refractivity contribution in [2.45, 2.75) is 39.2 Å². The van der Waals surface area contributed by atoms with Gasteiger partial charge in [-0.3, -0.25) is 0 Å². The lowest BCUT2D eigenvalue weighted by molar-refractivity contribution is 0.499. The lowest BCUT2D eigenvalue weighted by Crippen LogP contribution is -2.22. The highest BCUT2D eigenvalue weighted by Gasteiger charge is 2.13. The summed E-state index contributed by atoms with van der Waals surface area (Å²) in [5, 5.41) is 8.24. The van der Waals surface area contributed by atoms with E-state index < -0.39 is 0 Å². The Balaban J connectivity index is 2.00. The van der Waals surface area contributed by atoms with Crippen molar-refractivity contribution in [1.82, 2.24) is 5.32 Å². The van der Waals surface area contributed by atoms with Gasteiger partial charge in [0.25, 0.3) is 0 Å². The molecule has 2 heteroatoms. The molecule has 1 N–H and O–H groups in total. The Hall–Kier alpha value is -1.12. The lowest BCUT2D eigenvalue weighted by atomic mass is 9.98. The number of nitrogens with one attached hydrogen (secondary N) is 1. The minimum absolute atomic E-state index is 0.492. The molecule has 0 saturated carbocycles. The van der Waals surface area contributed by atoms with Gasteiger partial charge in [-0.1, -0.05) is 37.3 Å². The summed E-state index contributed by atoms with van der Waals surface area (Å²) in [7, 11) is 0. The van der Waals surface area contributed by atoms with Crippen LogP contribution in [-0.4, -0.2) is 6.54 Å². The molecule has 1 aromatic carbocycles. The smallest absolute Gasteiger partial charge is 0.0334 e. The fourth-order valence-corrected chi connectivity index (χ4v) is 3.27. The first-order chi connectivity index (χ1) is 9.31. The van der Waals surface area contributed by atoms with Gasteiger partial charge in [-0.2, -0.15) is 11.3 Å². The molecule has 1 heterocycles. The van der Waals surface area contributed by atoms with Crippen LogP contribution in [0.25, 0.3) is 0 Å². The van der Waals surface area contributed by atoms with Crippen LogP contribution in [0.15, 0.2) is 41.1 Å². The Morgan fingerprint density at radius 3 is 2.58 bits per heavy atom. The van der Waals surface area contributed by atoms with Crippen molar-refractivity contribution in [2.75, 3.05) is 6.54 Å². The number of thiophene rings is 1. The summed E-state index contributed by atoms with van der Waals surface area (Å²) >= 11 is 1.81. The maximum absolute atomic E-state index is 3.69. The first-order valence-electron chi connectivity index (χ1n) is 7.11. The molecule has 19 heavy (non-hydrogen) atoms. The summed E-state index contributed by atoms with van der Waals surface area (Å²) in [4.78, 5) is 0. The molecule has 2 rings (SSSR count). The minimum atomic E-state index is 0.492. The molecule has 1 atom stereocenters. The van der Waals surface area contributed by atoms with E-state index in [4.69, 9.17) is 0 Å². The topological polar surface area (TPSA) is 12.0 Å². The number of hydrogen-bond donors (Lipinski definition) is 1. The van der Waals surface area contributed by atoms with E-state index in [2.05, 4.69) is 60.3 Å². The molecule has 0 aliphatic carbocycles. The predicted molar refractivity (Wildman–Crippen MR) is 84.9 cm³/mol. The molecule has 0 radical (unpaired) electrons. The number of aryl methyl sites for hydroxylation is 2. The van der Waals surface area contributed by atoms with Crippen LogP contribution in [0.1, 0.15) is 42.5 Å². The van der Waals surface area contributed by atoms with Crippen molar-refractivity contribution in [2.24, 2.45) is 0 Å². The second-order valence-corrected chi connectivity index (χ2v) is 5.78. The van der Waals surface area contributed by atoms with Crippen LogP contribution in [0.4, 0.5) is 0 Å². The van der Waals surface area contributed by atoms with E-state index in [1.54, 1.807) is 0 Å². The Kier molecular flexibility index (Phi) is 5.62. The zero-order valence-corrected chi connectivity index (χ0v) is 12.7. The molecule has 0 aliphatic rings. The molecule has 1 nitrogen and oxygen atoms in total. The summed E-state index contributed by atoms with van der Waals surface area (Å²) < 4.78 is 0. The summed E-state index contributed by atoms with van der Waals surface area (Å²) in [6, 6.07) is 11.3. The SMILES string of the molecule is CCCNC(CCc1ccccc1)c1cscc1C. The van der Waals surface area contributed by atoms with Crippen molar-refractivity contribution in [1.29, 1.82) is 0 Å². The summed E-state index contributed by atoms with van der Waals surface area (Å²) in [6.45, 7) is 5.53. The molecule has 0 fully saturated rings. The molecule has 102 valence electrons. The fraction of sp³-hybridized carbons (Fsp3) is 0.412. The number of rotatable bonds is 7. The highest BCUT2D eigenvalue weighted by Crippen LogP contribution is 2.25. The number of benzene rings is 1. The van der Waals surface area contributed by atoms with Crippen LogP contribution in [0.5, 0.6) is 0 Å². The predicted octanol–water partition coefficient (Wildman–Crippen LogP) is 4.73. The van der Waals surface area contributed by atoms with Crippen molar-refractivity contribution >= 4 is 11.3 Å². The fourth-order valence-electron chi connectivity index (χ4n) is 2.37. The molecule has 2 aromatic rings. The molecule has 0 amide bonds. The van der Waals surface area contributed by atoms with E-state index in [9.17, 15) is 0 Å². The monoisotopic (exact) mass is 273 g/mol. The van der Waals surface area contributed by atoms with Crippen LogP contribution in [0.2, 0.25) is 0 Å². The maximum atomic E-state index is 3.69. The van der Waals surface area contributed by atoms with Gasteiger partial charge in [0, 0.05) is 6.04 Å². The third-order valence-electron chi connectivity index (χ3n) is 3.48. The Morgan fingerprint density at radius 2 is 1.95 bits per heavy atom. The molecular weight excluding hydrogens is 250 g/mol. The largest absolute Gasteiger partial charge is 0.310 e. The van der Waals surface area contributed by atoms with Gasteiger partial charge in [0.05, 0.1) is 0 Å². The first kappa shape index (κ1) is 14.3. The Morgan fingerprint density at radius 1 is 1.16 bits per heavy atom. The molecule has 0 spiro atoms. The van der Waals surface area contributed by atoms with Gasteiger partial charge in [0.2, 0.25) is 0 Å². The molecule has 0 saturated heterocycles. The van der Waals surface area contributed by atoms with Gasteiger partial charge in [0.15, 0.2) is 0 Å². The Bertz CT molecular complexity index is 475. The van der Waals surface area contributed by atoms with Crippen LogP contribution in [0, 0.1) is 6.92 Å². The van der Waals surface area contributed by atoms with Gasteiger partial charge >= 0.3 is 0 Å². The molecule has 0 aliphatic heterocycles. The quantitative estimate of drug-likeness (QED) is 0.769. The van der Waals surface area contributed by atoms with E-state index in [-0.39, 0.29) is 0 Å². The van der Waals surface area contributed by atoms with Gasteiger partial charge in [-0.15, -0.1) is 0 Å². The molecule has 1 aromatic heterocycles. The molecule has 1 unspecified atom stereocenters. The van der Waals surface area contributed by atoms with Gasteiger partial charge in [-0.05, 0) is 60.2 Å². The van der Waals surface area contributed by atoms with Gasteiger partial charge < -0.3 is 5.32 Å². The van der Waals surface area contributed by atoms with E-state index in [1.165, 1.54) is 29.5 Å². The highest BCUT2D eigenvalue weighted by molar-refractivity contribution is 7.08. The summed E-state index contributed by atoms with van der Waals surface area (Å²) in [5.41, 5.74) is 4.33. The van der Waals surface area contributed by atoms with Crippen molar-refractivity contribution in [3.8, 4) is 0 Å². The van der Waals surface area contributed by atoms with Crippen LogP contribution in [-0.2, 0) is 6.42 Å². The van der Waals surface area contributed by atoms with E-state index in [0.717, 1.165) is 13.0 Å². The minimum Gasteiger partial charge on any atom is -0.310 e. The molecule has 0 bridgehead atoms. The van der Waals surface area contributed by atoms with Crippen molar-refractivity contribution in [3.05, 3.63) is 57.8 Å². The second kappa shape index (κ2) is 7.46. The van der Waals surface area contributed by atoms with E-state index >= 15 is 0 Å². The first-order valence-corrected chi connectivity index (χ1v) is 8.05. The average molecular weight is 273 g/mol. The van der Waals surface area contributed by atoms with Crippen LogP contribution >= 0.6 is 11.3 Å². The van der Waals surface area contributed by atoms with E-state index in [0.29, 0.717) is 6.04 Å². The zero-order chi connectivity index (χ0) is 13.5. The average Bonchev–Trinajstić information content (AvgIpc) is 2.86. The molecular formula is C17H23NS. The van der Waals surface area contributed by atoms with Crippen LogP contribution < -0.4 is 5.32 Å². The van der Waals surface area contributed by atoms with Gasteiger partial charge in [-0.25, -0.2) is 0 Å². The third kappa shape index (κ3) is 4.19. The van der Waals surface area contributed by atoms with Crippen molar-refractivity contribution in [3.63, 3.8) is 0 Å². The maximum Gasteiger partial charge on any atom is 0.0334 e. The second-order valence-electron chi connectivity index (χ2n) is 5.04. The van der Waals surface area contributed by atoms with Gasteiger partial charge in [0.1, 0.15) is 0 Å². The normalized spacial score (nSPS) is 12.5. The highest BCUT2D eigenvalue weighted by atomic mass is 32.1. The summed E-state index contributed by atoms with van der Waals surface area (Å²) in [6.07, 6.45) is 3.49. The standard InChI is InChI=1S/C17H23NS/c1-3-11-18-17(16-13-19-12-14(16)2)10-9-15-7-5-4-6-8-15/h4-8,12-13,17-18H,3,9-11H2,1-2H3.